The van der Waals surface area contributed by atoms with Gasteiger partial charge in [-0.05, 0) is 13.0 Å². The summed E-state index contributed by atoms with van der Waals surface area (Å²) in [6.45, 7) is 3.36. The third kappa shape index (κ3) is 3.77. The number of ether oxygens (including phenoxy) is 2. The molecule has 5 nitrogen and oxygen atoms in total. The van der Waals surface area contributed by atoms with Crippen LogP contribution in [-0.4, -0.2) is 63.9 Å². The van der Waals surface area contributed by atoms with Gasteiger partial charge in [-0.15, -0.1) is 0 Å². The minimum absolute atomic E-state index is 0.0127. The quantitative estimate of drug-likeness (QED) is 0.621. The van der Waals surface area contributed by atoms with Gasteiger partial charge in [0.25, 0.3) is 0 Å². The van der Waals surface area contributed by atoms with Gasteiger partial charge in [-0.3, -0.25) is 4.79 Å². The molecule has 1 heterocycles. The number of carbonyl (C=O) groups is 1. The molecule has 15 heavy (non-hydrogen) atoms. The van der Waals surface area contributed by atoms with Crippen LogP contribution in [0.3, 0.4) is 0 Å². The number of carbonyl (C=O) groups excluding carboxylic acids is 1. The van der Waals surface area contributed by atoms with Crippen molar-refractivity contribution in [3.63, 3.8) is 0 Å². The molecule has 1 fully saturated rings. The molecule has 1 N–H and O–H groups in total. The highest BCUT2D eigenvalue weighted by Gasteiger charge is 2.28. The van der Waals surface area contributed by atoms with Crippen LogP contribution in [0, 0.1) is 0 Å². The maximum Gasteiger partial charge on any atom is 0.239 e. The Labute approximate surface area is 90.7 Å². The maximum atomic E-state index is 11.9. The molecular formula is C10H20N2O3. The predicted octanol–water partition coefficient (Wildman–Crippen LogP) is -0.530. The molecular weight excluding hydrogens is 196 g/mol. The number of amides is 1. The van der Waals surface area contributed by atoms with E-state index in [4.69, 9.17) is 9.47 Å². The van der Waals surface area contributed by atoms with Crippen LogP contribution in [0.25, 0.3) is 0 Å². The molecule has 0 spiro atoms. The van der Waals surface area contributed by atoms with Crippen molar-refractivity contribution < 1.29 is 14.3 Å². The summed E-state index contributed by atoms with van der Waals surface area (Å²) in [5.74, 6) is 0.162. The van der Waals surface area contributed by atoms with E-state index in [9.17, 15) is 4.79 Å². The molecule has 88 valence electrons. The van der Waals surface area contributed by atoms with Crippen molar-refractivity contribution >= 4 is 5.91 Å². The maximum absolute atomic E-state index is 11.9. The van der Waals surface area contributed by atoms with Crippen molar-refractivity contribution in [1.29, 1.82) is 0 Å². The molecule has 0 bridgehead atoms. The average Bonchev–Trinajstić information content (AvgIpc) is 2.15. The summed E-state index contributed by atoms with van der Waals surface area (Å²) in [5, 5.41) is 3.11. The summed E-state index contributed by atoms with van der Waals surface area (Å²) in [6.07, 6.45) is 0.940. The van der Waals surface area contributed by atoms with Crippen molar-refractivity contribution in [2.45, 2.75) is 12.5 Å². The first kappa shape index (κ1) is 12.4. The first-order valence-corrected chi connectivity index (χ1v) is 5.29. The van der Waals surface area contributed by atoms with Crippen molar-refractivity contribution in [2.75, 3.05) is 47.1 Å². The second kappa shape index (κ2) is 6.76. The predicted molar refractivity (Wildman–Crippen MR) is 56.7 cm³/mol. The first-order chi connectivity index (χ1) is 7.29. The van der Waals surface area contributed by atoms with E-state index < -0.39 is 0 Å². The molecule has 1 aliphatic rings. The van der Waals surface area contributed by atoms with E-state index in [0.29, 0.717) is 26.3 Å². The number of hydrogen-bond donors (Lipinski definition) is 1. The van der Waals surface area contributed by atoms with Gasteiger partial charge in [-0.2, -0.15) is 0 Å². The third-order valence-electron chi connectivity index (χ3n) is 2.56. The van der Waals surface area contributed by atoms with E-state index in [2.05, 4.69) is 5.32 Å². The molecule has 5 heteroatoms. The third-order valence-corrected chi connectivity index (χ3v) is 2.56. The van der Waals surface area contributed by atoms with Gasteiger partial charge in [-0.25, -0.2) is 0 Å². The molecule has 1 aliphatic heterocycles. The molecule has 1 amide bonds. The van der Waals surface area contributed by atoms with Crippen LogP contribution in [0.1, 0.15) is 6.42 Å². The van der Waals surface area contributed by atoms with Crippen molar-refractivity contribution in [3.05, 3.63) is 0 Å². The number of methoxy groups -OCH3 is 2. The molecule has 0 aromatic heterocycles. The summed E-state index contributed by atoms with van der Waals surface area (Å²) in [5.41, 5.74) is 0. The SMILES string of the molecule is COCCN(CCOC)C(=O)[C@H]1CCN1. The lowest BCUT2D eigenvalue weighted by molar-refractivity contribution is -0.136. The van der Waals surface area contributed by atoms with E-state index in [1.807, 2.05) is 0 Å². The first-order valence-electron chi connectivity index (χ1n) is 5.29. The van der Waals surface area contributed by atoms with Gasteiger partial charge in [0.05, 0.1) is 19.3 Å². The Morgan fingerprint density at radius 2 is 1.87 bits per heavy atom. The van der Waals surface area contributed by atoms with Crippen LogP contribution >= 0.6 is 0 Å². The fourth-order valence-electron chi connectivity index (χ4n) is 1.45. The van der Waals surface area contributed by atoms with Crippen molar-refractivity contribution in [1.82, 2.24) is 10.2 Å². The molecule has 0 radical (unpaired) electrons. The molecule has 0 aromatic rings. The highest BCUT2D eigenvalue weighted by Crippen LogP contribution is 2.06. The molecule has 1 saturated heterocycles. The number of rotatable bonds is 7. The highest BCUT2D eigenvalue weighted by atomic mass is 16.5. The Balaban J connectivity index is 2.34. The summed E-state index contributed by atoms with van der Waals surface area (Å²) in [6, 6.07) is 0.0127. The number of hydrogen-bond acceptors (Lipinski definition) is 4. The zero-order chi connectivity index (χ0) is 11.1. The van der Waals surface area contributed by atoms with Crippen LogP contribution in [0.4, 0.5) is 0 Å². The molecule has 0 aromatic carbocycles. The van der Waals surface area contributed by atoms with Crippen LogP contribution < -0.4 is 5.32 Å². The monoisotopic (exact) mass is 216 g/mol. The molecule has 0 aliphatic carbocycles. The Morgan fingerprint density at radius 1 is 1.33 bits per heavy atom. The Kier molecular flexibility index (Phi) is 5.60. The molecule has 1 rings (SSSR count). The van der Waals surface area contributed by atoms with Gasteiger partial charge in [0.2, 0.25) is 5.91 Å². The van der Waals surface area contributed by atoms with Gasteiger partial charge < -0.3 is 19.7 Å². The lowest BCUT2D eigenvalue weighted by atomic mass is 10.1. The Bertz CT molecular complexity index is 187. The van der Waals surface area contributed by atoms with E-state index in [1.165, 1.54) is 0 Å². The normalized spacial score (nSPS) is 19.7. The fraction of sp³-hybridized carbons (Fsp3) is 0.900. The van der Waals surface area contributed by atoms with Gasteiger partial charge in [0.1, 0.15) is 0 Å². The fourth-order valence-corrected chi connectivity index (χ4v) is 1.45. The topological polar surface area (TPSA) is 50.8 Å². The zero-order valence-corrected chi connectivity index (χ0v) is 9.49. The molecule has 1 atom stereocenters. The number of nitrogens with one attached hydrogen (secondary N) is 1. The van der Waals surface area contributed by atoms with E-state index in [-0.39, 0.29) is 11.9 Å². The second-order valence-electron chi connectivity index (χ2n) is 3.61. The Hall–Kier alpha value is -0.650. The largest absolute Gasteiger partial charge is 0.383 e. The minimum atomic E-state index is 0.0127. The van der Waals surface area contributed by atoms with Gasteiger partial charge in [-0.1, -0.05) is 0 Å². The lowest BCUT2D eigenvalue weighted by Crippen LogP contribution is -2.55. The lowest BCUT2D eigenvalue weighted by Gasteiger charge is -2.32. The van der Waals surface area contributed by atoms with E-state index >= 15 is 0 Å². The van der Waals surface area contributed by atoms with Gasteiger partial charge >= 0.3 is 0 Å². The van der Waals surface area contributed by atoms with Crippen molar-refractivity contribution in [3.8, 4) is 0 Å². The number of nitrogens with zero attached hydrogens (tertiary/aromatic N) is 1. The second-order valence-corrected chi connectivity index (χ2v) is 3.61. The standard InChI is InChI=1S/C10H20N2O3/c1-14-7-5-12(6-8-15-2)10(13)9-3-4-11-9/h9,11H,3-8H2,1-2H3/t9-/m1/s1. The zero-order valence-electron chi connectivity index (χ0n) is 9.49. The van der Waals surface area contributed by atoms with Crippen molar-refractivity contribution in [2.24, 2.45) is 0 Å². The smallest absolute Gasteiger partial charge is 0.239 e. The minimum Gasteiger partial charge on any atom is -0.383 e. The Morgan fingerprint density at radius 3 is 2.20 bits per heavy atom. The van der Waals surface area contributed by atoms with E-state index in [1.54, 1.807) is 19.1 Å². The van der Waals surface area contributed by atoms with Gasteiger partial charge in [0, 0.05) is 27.3 Å². The summed E-state index contributed by atoms with van der Waals surface area (Å²) in [4.78, 5) is 13.7. The average molecular weight is 216 g/mol. The van der Waals surface area contributed by atoms with Gasteiger partial charge in [0.15, 0.2) is 0 Å². The molecule has 0 unspecified atom stereocenters. The summed E-state index contributed by atoms with van der Waals surface area (Å²) >= 11 is 0. The van der Waals surface area contributed by atoms with E-state index in [0.717, 1.165) is 13.0 Å². The van der Waals surface area contributed by atoms with Crippen LogP contribution in [0.15, 0.2) is 0 Å². The van der Waals surface area contributed by atoms with Crippen LogP contribution in [0.2, 0.25) is 0 Å². The van der Waals surface area contributed by atoms with Crippen LogP contribution in [-0.2, 0) is 14.3 Å². The highest BCUT2D eigenvalue weighted by molar-refractivity contribution is 5.82. The van der Waals surface area contributed by atoms with Crippen LogP contribution in [0.5, 0.6) is 0 Å². The summed E-state index contributed by atoms with van der Waals surface area (Å²) < 4.78 is 9.96. The molecule has 0 saturated carbocycles. The summed E-state index contributed by atoms with van der Waals surface area (Å²) in [7, 11) is 3.28.